The number of carbonyl (C=O) groups is 1. The van der Waals surface area contributed by atoms with Crippen molar-refractivity contribution in [3.8, 4) is 0 Å². The van der Waals surface area contributed by atoms with Crippen molar-refractivity contribution in [2.45, 2.75) is 20.0 Å². The van der Waals surface area contributed by atoms with Crippen LogP contribution in [0.15, 0.2) is 85.0 Å². The van der Waals surface area contributed by atoms with Crippen LogP contribution in [0.25, 0.3) is 11.6 Å². The number of carbonyl (C=O) groups excluding carboxylic acids is 1. The number of ether oxygens (including phenoxy) is 1. The summed E-state index contributed by atoms with van der Waals surface area (Å²) in [5.74, 6) is -0.394. The first-order chi connectivity index (χ1) is 11.6. The van der Waals surface area contributed by atoms with E-state index in [1.165, 1.54) is 0 Å². The maximum atomic E-state index is 11.9. The Kier molecular flexibility index (Phi) is 6.32. The van der Waals surface area contributed by atoms with Gasteiger partial charge in [-0.15, -0.1) is 0 Å². The fraction of sp³-hybridized carbons (Fsp3) is 0.136. The molecule has 0 aliphatic heterocycles. The van der Waals surface area contributed by atoms with E-state index in [1.807, 2.05) is 85.8 Å². The lowest BCUT2D eigenvalue weighted by atomic mass is 10.1. The molecule has 0 saturated carbocycles. The lowest BCUT2D eigenvalue weighted by molar-refractivity contribution is -0.140. The third kappa shape index (κ3) is 5.40. The normalized spacial score (nSPS) is 12.8. The molecule has 0 aliphatic carbocycles. The molecule has 0 spiro atoms. The monoisotopic (exact) mass is 318 g/mol. The third-order valence-electron chi connectivity index (χ3n) is 3.51. The third-order valence-corrected chi connectivity index (χ3v) is 3.51. The molecular weight excluding hydrogens is 296 g/mol. The van der Waals surface area contributed by atoms with Crippen LogP contribution in [0.4, 0.5) is 0 Å². The number of hydrogen-bond acceptors (Lipinski definition) is 2. The zero-order chi connectivity index (χ0) is 17.4. The van der Waals surface area contributed by atoms with Crippen molar-refractivity contribution in [2.75, 3.05) is 0 Å². The molecule has 0 heterocycles. The molecule has 24 heavy (non-hydrogen) atoms. The van der Waals surface area contributed by atoms with Gasteiger partial charge in [0.2, 0.25) is 0 Å². The Bertz CT molecular complexity index is 740. The molecule has 0 amide bonds. The molecule has 2 nitrogen and oxygen atoms in total. The van der Waals surface area contributed by atoms with Gasteiger partial charge >= 0.3 is 5.97 Å². The van der Waals surface area contributed by atoms with E-state index in [9.17, 15) is 4.79 Å². The zero-order valence-corrected chi connectivity index (χ0v) is 14.1. The Hall–Kier alpha value is -2.87. The molecule has 0 aromatic heterocycles. The van der Waals surface area contributed by atoms with Gasteiger partial charge < -0.3 is 4.74 Å². The van der Waals surface area contributed by atoms with E-state index in [0.29, 0.717) is 5.57 Å². The van der Waals surface area contributed by atoms with E-state index in [-0.39, 0.29) is 0 Å². The number of benzene rings is 2. The van der Waals surface area contributed by atoms with Crippen LogP contribution in [0.2, 0.25) is 0 Å². The van der Waals surface area contributed by atoms with Crippen LogP contribution in [-0.2, 0) is 9.53 Å². The largest absolute Gasteiger partial charge is 0.450 e. The Morgan fingerprint density at radius 2 is 1.58 bits per heavy atom. The van der Waals surface area contributed by atoms with E-state index >= 15 is 0 Å². The summed E-state index contributed by atoms with van der Waals surface area (Å²) in [5.41, 5.74) is 3.59. The molecule has 1 unspecified atom stereocenters. The SMILES string of the molecule is C=C(C)C(=O)OC(C=Cc1ccccc1)C=C(C)c1ccccc1. The number of hydrogen-bond donors (Lipinski definition) is 0. The average molecular weight is 318 g/mol. The molecule has 2 aromatic carbocycles. The molecule has 0 bridgehead atoms. The summed E-state index contributed by atoms with van der Waals surface area (Å²) < 4.78 is 5.52. The van der Waals surface area contributed by atoms with Gasteiger partial charge in [-0.05, 0) is 42.7 Å². The van der Waals surface area contributed by atoms with Crippen molar-refractivity contribution in [3.05, 3.63) is 96.1 Å². The first-order valence-electron chi connectivity index (χ1n) is 7.90. The molecule has 0 fully saturated rings. The minimum atomic E-state index is -0.449. The number of allylic oxidation sites excluding steroid dienone is 1. The average Bonchev–Trinajstić information content (AvgIpc) is 2.61. The summed E-state index contributed by atoms with van der Waals surface area (Å²) in [6, 6.07) is 19.9. The highest BCUT2D eigenvalue weighted by Crippen LogP contribution is 2.16. The van der Waals surface area contributed by atoms with Crippen molar-refractivity contribution >= 4 is 17.6 Å². The minimum Gasteiger partial charge on any atom is -0.450 e. The van der Waals surface area contributed by atoms with E-state index in [2.05, 4.69) is 6.58 Å². The molecule has 2 aromatic rings. The van der Waals surface area contributed by atoms with Crippen molar-refractivity contribution in [3.63, 3.8) is 0 Å². The second-order valence-corrected chi connectivity index (χ2v) is 5.64. The maximum Gasteiger partial charge on any atom is 0.334 e. The molecule has 0 radical (unpaired) electrons. The standard InChI is InChI=1S/C22H22O2/c1-17(2)22(23)24-21(15-14-19-10-6-4-7-11-19)16-18(3)20-12-8-5-9-13-20/h4-16,21H,1H2,2-3H3. The highest BCUT2D eigenvalue weighted by Gasteiger charge is 2.10. The van der Waals surface area contributed by atoms with Gasteiger partial charge in [0.1, 0.15) is 6.10 Å². The number of esters is 1. The quantitative estimate of drug-likeness (QED) is 0.534. The van der Waals surface area contributed by atoms with Crippen LogP contribution in [0.3, 0.4) is 0 Å². The predicted octanol–water partition coefficient (Wildman–Crippen LogP) is 5.29. The molecule has 2 rings (SSSR count). The van der Waals surface area contributed by atoms with E-state index in [4.69, 9.17) is 4.74 Å². The van der Waals surface area contributed by atoms with Crippen LogP contribution in [0.1, 0.15) is 25.0 Å². The molecule has 1 atom stereocenters. The van der Waals surface area contributed by atoms with Crippen LogP contribution in [-0.4, -0.2) is 12.1 Å². The second-order valence-electron chi connectivity index (χ2n) is 5.64. The lowest BCUT2D eigenvalue weighted by Gasteiger charge is -2.12. The molecule has 122 valence electrons. The summed E-state index contributed by atoms with van der Waals surface area (Å²) in [6.45, 7) is 7.30. The smallest absolute Gasteiger partial charge is 0.334 e. The minimum absolute atomic E-state index is 0.388. The molecular formula is C22H22O2. The molecule has 2 heteroatoms. The summed E-state index contributed by atoms with van der Waals surface area (Å²) in [6.07, 6.45) is 5.32. The van der Waals surface area contributed by atoms with Crippen LogP contribution >= 0.6 is 0 Å². The van der Waals surface area contributed by atoms with Crippen molar-refractivity contribution < 1.29 is 9.53 Å². The van der Waals surface area contributed by atoms with Gasteiger partial charge in [0, 0.05) is 5.57 Å². The Balaban J connectivity index is 2.24. The highest BCUT2D eigenvalue weighted by atomic mass is 16.5. The van der Waals surface area contributed by atoms with Crippen LogP contribution in [0.5, 0.6) is 0 Å². The van der Waals surface area contributed by atoms with Crippen LogP contribution < -0.4 is 0 Å². The van der Waals surface area contributed by atoms with Crippen LogP contribution in [0, 0.1) is 0 Å². The Labute approximate surface area is 143 Å². The van der Waals surface area contributed by atoms with Gasteiger partial charge in [-0.3, -0.25) is 0 Å². The van der Waals surface area contributed by atoms with Gasteiger partial charge in [-0.25, -0.2) is 4.79 Å². The van der Waals surface area contributed by atoms with Gasteiger partial charge in [0.05, 0.1) is 0 Å². The molecule has 0 N–H and O–H groups in total. The Morgan fingerprint density at radius 1 is 1.00 bits per heavy atom. The van der Waals surface area contributed by atoms with Gasteiger partial charge in [-0.1, -0.05) is 73.3 Å². The highest BCUT2D eigenvalue weighted by molar-refractivity contribution is 5.87. The first-order valence-corrected chi connectivity index (χ1v) is 7.90. The van der Waals surface area contributed by atoms with Crippen molar-refractivity contribution in [2.24, 2.45) is 0 Å². The number of rotatable bonds is 6. The fourth-order valence-electron chi connectivity index (χ4n) is 2.17. The topological polar surface area (TPSA) is 26.3 Å². The summed E-state index contributed by atoms with van der Waals surface area (Å²) in [4.78, 5) is 11.9. The summed E-state index contributed by atoms with van der Waals surface area (Å²) >= 11 is 0. The molecule has 0 aliphatic rings. The van der Waals surface area contributed by atoms with E-state index in [0.717, 1.165) is 16.7 Å². The van der Waals surface area contributed by atoms with Gasteiger partial charge in [0.15, 0.2) is 0 Å². The summed E-state index contributed by atoms with van der Waals surface area (Å²) in [7, 11) is 0. The van der Waals surface area contributed by atoms with Crippen molar-refractivity contribution in [1.29, 1.82) is 0 Å². The van der Waals surface area contributed by atoms with Crippen molar-refractivity contribution in [1.82, 2.24) is 0 Å². The Morgan fingerprint density at radius 3 is 2.17 bits per heavy atom. The zero-order valence-electron chi connectivity index (χ0n) is 14.1. The molecule has 0 saturated heterocycles. The van der Waals surface area contributed by atoms with E-state index < -0.39 is 12.1 Å². The second kappa shape index (κ2) is 8.68. The van der Waals surface area contributed by atoms with Gasteiger partial charge in [-0.2, -0.15) is 0 Å². The fourth-order valence-corrected chi connectivity index (χ4v) is 2.17. The lowest BCUT2D eigenvalue weighted by Crippen LogP contribution is -2.14. The maximum absolute atomic E-state index is 11.9. The summed E-state index contributed by atoms with van der Waals surface area (Å²) in [5, 5.41) is 0. The van der Waals surface area contributed by atoms with E-state index in [1.54, 1.807) is 6.92 Å². The first kappa shape index (κ1) is 17.5. The predicted molar refractivity (Wildman–Crippen MR) is 100 cm³/mol. The van der Waals surface area contributed by atoms with Gasteiger partial charge in [0.25, 0.3) is 0 Å².